The predicted molar refractivity (Wildman–Crippen MR) is 70.1 cm³/mol. The minimum absolute atomic E-state index is 0.734. The Balaban J connectivity index is 4.24. The van der Waals surface area contributed by atoms with Crippen LogP contribution in [0, 0.1) is 0 Å². The predicted octanol–water partition coefficient (Wildman–Crippen LogP) is 1.39. The largest absolute Gasteiger partial charge is 0.377 e. The van der Waals surface area contributed by atoms with Crippen LogP contribution >= 0.6 is 8.75 Å². The third-order valence-corrected chi connectivity index (χ3v) is 4.64. The number of rotatable bonds is 6. The van der Waals surface area contributed by atoms with Crippen LogP contribution in [0.3, 0.4) is 0 Å². The highest BCUT2D eigenvalue weighted by Crippen LogP contribution is 2.45. The van der Waals surface area contributed by atoms with Crippen LogP contribution in [-0.2, 0) is 4.74 Å². The van der Waals surface area contributed by atoms with Crippen LogP contribution in [0.25, 0.3) is 0 Å². The summed E-state index contributed by atoms with van der Waals surface area (Å²) in [6.45, 7) is 3.69. The molecule has 0 unspecified atom stereocenters. The molecule has 0 amide bonds. The highest BCUT2D eigenvalue weighted by atomic mass is 32.3. The van der Waals surface area contributed by atoms with Gasteiger partial charge >= 0.3 is 0 Å². The summed E-state index contributed by atoms with van der Waals surface area (Å²) >= 11 is 0. The molecule has 0 aliphatic rings. The maximum Gasteiger partial charge on any atom is 0.0687 e. The van der Waals surface area contributed by atoms with Gasteiger partial charge in [0.2, 0.25) is 0 Å². The summed E-state index contributed by atoms with van der Waals surface area (Å²) in [4.78, 5) is 0. The first-order chi connectivity index (χ1) is 6.39. The molecule has 0 aromatic carbocycles. The monoisotopic (exact) mass is 220 g/mol. The van der Waals surface area contributed by atoms with Gasteiger partial charge in [0.25, 0.3) is 0 Å². The number of hydrogen-bond donors (Lipinski definition) is 1. The van der Waals surface area contributed by atoms with Crippen molar-refractivity contribution in [2.75, 3.05) is 37.7 Å². The van der Waals surface area contributed by atoms with Gasteiger partial charge < -0.3 is 10.6 Å². The van der Waals surface area contributed by atoms with Crippen LogP contribution in [0.5, 0.6) is 0 Å². The van der Waals surface area contributed by atoms with Crippen LogP contribution in [-0.4, -0.2) is 49.3 Å². The third kappa shape index (κ3) is 7.09. The van der Waals surface area contributed by atoms with Crippen LogP contribution < -0.4 is 5.84 Å². The number of hydrogen-bond acceptors (Lipinski definition) is 3. The van der Waals surface area contributed by atoms with E-state index in [4.69, 9.17) is 10.6 Å². The lowest BCUT2D eigenvalue weighted by Crippen LogP contribution is -2.15. The molecular weight excluding hydrogens is 196 g/mol. The van der Waals surface area contributed by atoms with Crippen molar-refractivity contribution in [2.45, 2.75) is 13.3 Å². The van der Waals surface area contributed by atoms with Gasteiger partial charge in [0.15, 0.2) is 0 Å². The number of hydrazone groups is 1. The fourth-order valence-electron chi connectivity index (χ4n) is 0.906. The highest BCUT2D eigenvalue weighted by Gasteiger charge is 2.12. The Labute approximate surface area is 87.6 Å². The van der Waals surface area contributed by atoms with Crippen LogP contribution in [0.15, 0.2) is 5.10 Å². The first-order valence-electron chi connectivity index (χ1n) is 4.87. The van der Waals surface area contributed by atoms with Crippen molar-refractivity contribution >= 4 is 20.3 Å². The minimum atomic E-state index is -1.47. The zero-order valence-corrected chi connectivity index (χ0v) is 10.6. The Bertz CT molecular complexity index is 242. The van der Waals surface area contributed by atoms with Gasteiger partial charge in [-0.15, -0.1) is 0 Å². The normalized spacial score (nSPS) is 15.3. The van der Waals surface area contributed by atoms with E-state index in [0.717, 1.165) is 25.4 Å². The maximum absolute atomic E-state index is 5.46. The first-order valence-corrected chi connectivity index (χ1v) is 8.36. The van der Waals surface area contributed by atoms with E-state index in [-0.39, 0.29) is 0 Å². The van der Waals surface area contributed by atoms with Crippen LogP contribution in [0.1, 0.15) is 13.3 Å². The zero-order valence-electron chi connectivity index (χ0n) is 9.82. The Kier molecular flexibility index (Phi) is 5.37. The number of nitrogens with zero attached hydrogens (tertiary/aromatic N) is 1. The van der Waals surface area contributed by atoms with Gasteiger partial charge in [-0.1, -0.05) is 12.3 Å². The lowest BCUT2D eigenvalue weighted by molar-refractivity contribution is 0.176. The second kappa shape index (κ2) is 5.51. The Morgan fingerprint density at radius 3 is 2.50 bits per heavy atom. The van der Waals surface area contributed by atoms with Crippen molar-refractivity contribution in [3.05, 3.63) is 0 Å². The van der Waals surface area contributed by atoms with E-state index in [0.29, 0.717) is 0 Å². The van der Waals surface area contributed by atoms with E-state index < -0.39 is 8.75 Å². The second-order valence-electron chi connectivity index (χ2n) is 4.70. The molecule has 14 heavy (non-hydrogen) atoms. The summed E-state index contributed by atoms with van der Waals surface area (Å²) < 4.78 is 5.46. The minimum Gasteiger partial charge on any atom is -0.377 e. The fraction of sp³-hybridized carbons (Fsp3) is 0.800. The molecule has 0 aliphatic carbocycles. The van der Waals surface area contributed by atoms with Gasteiger partial charge in [-0.2, -0.15) is 5.10 Å². The van der Waals surface area contributed by atoms with Gasteiger partial charge in [-0.25, -0.2) is 8.75 Å². The van der Waals surface area contributed by atoms with Gasteiger partial charge in [-0.3, -0.25) is 0 Å². The van der Waals surface area contributed by atoms with Crippen molar-refractivity contribution < 1.29 is 4.74 Å². The molecule has 0 atom stereocenters. The SMILES string of the molecule is CCCOCC=S(C)(C)(C)CC=NN. The molecule has 0 spiro atoms. The lowest BCUT2D eigenvalue weighted by Gasteiger charge is -2.36. The molecule has 0 aromatic rings. The van der Waals surface area contributed by atoms with Crippen LogP contribution in [0.2, 0.25) is 0 Å². The molecule has 0 heterocycles. The summed E-state index contributed by atoms with van der Waals surface area (Å²) in [5.74, 6) is 6.05. The van der Waals surface area contributed by atoms with E-state index in [1.807, 2.05) is 0 Å². The van der Waals surface area contributed by atoms with E-state index in [2.05, 4.69) is 36.2 Å². The second-order valence-corrected chi connectivity index (χ2v) is 11.3. The number of nitrogens with two attached hydrogens (primary N) is 1. The third-order valence-electron chi connectivity index (χ3n) is 1.93. The lowest BCUT2D eigenvalue weighted by atomic mass is 10.5. The standard InChI is InChI=1S/C10H24N2OS/c1-5-7-13-8-10-14(2,3,4)9-6-12-11/h6,10H,5,7-9,11H2,1-4H3. The average molecular weight is 220 g/mol. The van der Waals surface area contributed by atoms with Gasteiger partial charge in [-0.05, 0) is 25.2 Å². The van der Waals surface area contributed by atoms with Gasteiger partial charge in [0.05, 0.1) is 6.61 Å². The smallest absolute Gasteiger partial charge is 0.0687 e. The van der Waals surface area contributed by atoms with Crippen molar-refractivity contribution in [1.29, 1.82) is 0 Å². The summed E-state index contributed by atoms with van der Waals surface area (Å²) in [6.07, 6.45) is 9.68. The fourth-order valence-corrected chi connectivity index (χ4v) is 2.26. The topological polar surface area (TPSA) is 47.6 Å². The molecule has 0 aliphatic heterocycles. The van der Waals surface area contributed by atoms with Gasteiger partial charge in [0, 0.05) is 18.6 Å². The van der Waals surface area contributed by atoms with E-state index >= 15 is 0 Å². The summed E-state index contributed by atoms with van der Waals surface area (Å²) in [7, 11) is -1.47. The van der Waals surface area contributed by atoms with Crippen molar-refractivity contribution in [1.82, 2.24) is 0 Å². The first kappa shape index (κ1) is 13.7. The molecule has 0 fully saturated rings. The molecule has 0 saturated heterocycles. The highest BCUT2D eigenvalue weighted by molar-refractivity contribution is 8.46. The zero-order chi connectivity index (χ0) is 11.1. The van der Waals surface area contributed by atoms with Crippen molar-refractivity contribution in [3.8, 4) is 0 Å². The van der Waals surface area contributed by atoms with E-state index in [9.17, 15) is 0 Å². The molecule has 0 saturated carbocycles. The number of ether oxygens (including phenoxy) is 1. The maximum atomic E-state index is 5.46. The summed E-state index contributed by atoms with van der Waals surface area (Å²) in [6, 6.07) is 0. The van der Waals surface area contributed by atoms with Crippen LogP contribution in [0.4, 0.5) is 0 Å². The molecule has 2 N–H and O–H groups in total. The average Bonchev–Trinajstić information content (AvgIpc) is 2.09. The molecule has 3 nitrogen and oxygen atoms in total. The molecular formula is C10H24N2OS. The van der Waals surface area contributed by atoms with Crippen molar-refractivity contribution in [2.24, 2.45) is 10.9 Å². The molecule has 0 bridgehead atoms. The Morgan fingerprint density at radius 2 is 2.00 bits per heavy atom. The molecule has 86 valence electrons. The molecule has 0 rings (SSSR count). The molecule has 0 radical (unpaired) electrons. The van der Waals surface area contributed by atoms with E-state index in [1.54, 1.807) is 6.21 Å². The quantitative estimate of drug-likeness (QED) is 0.242. The Hall–Kier alpha value is -0.350. The van der Waals surface area contributed by atoms with E-state index in [1.165, 1.54) is 0 Å². The molecule has 0 aromatic heterocycles. The summed E-state index contributed by atoms with van der Waals surface area (Å²) in [5.41, 5.74) is 0. The summed E-state index contributed by atoms with van der Waals surface area (Å²) in [5, 5.41) is 5.84. The Morgan fingerprint density at radius 1 is 1.36 bits per heavy atom. The molecule has 4 heteroatoms. The van der Waals surface area contributed by atoms with Gasteiger partial charge in [0.1, 0.15) is 0 Å². The van der Waals surface area contributed by atoms with Crippen molar-refractivity contribution in [3.63, 3.8) is 0 Å².